The summed E-state index contributed by atoms with van der Waals surface area (Å²) >= 11 is 0. The van der Waals surface area contributed by atoms with Crippen LogP contribution in [-0.4, -0.2) is 48.6 Å². The van der Waals surface area contributed by atoms with E-state index < -0.39 is 11.6 Å². The fraction of sp³-hybridized carbons (Fsp3) is 0.609. The lowest BCUT2D eigenvalue weighted by Crippen LogP contribution is -2.52. The van der Waals surface area contributed by atoms with E-state index in [2.05, 4.69) is 5.32 Å². The Balaban J connectivity index is 1.90. The second kappa shape index (κ2) is 8.76. The summed E-state index contributed by atoms with van der Waals surface area (Å²) in [5.74, 6) is -0.743. The molecule has 1 aromatic rings. The highest BCUT2D eigenvalue weighted by Gasteiger charge is 2.35. The van der Waals surface area contributed by atoms with Gasteiger partial charge in [0.15, 0.2) is 0 Å². The van der Waals surface area contributed by atoms with Crippen molar-refractivity contribution in [2.45, 2.75) is 78.0 Å². The number of carbonyl (C=O) groups is 3. The lowest BCUT2D eigenvalue weighted by atomic mass is 10.1. The average Bonchev–Trinajstić information content (AvgIpc) is 3.16. The standard InChI is InChI=1S/C23H33N3O4/c1-15(2)26-18-11-10-16(22(29)30-23(3,4)5)12-19(18)25(14-21(26)28)20(27)13-24-17-8-6-7-9-17/h10-12,15,17,24H,6-9,13-14H2,1-5H3. The molecule has 0 radical (unpaired) electrons. The zero-order chi connectivity index (χ0) is 22.1. The molecule has 0 bridgehead atoms. The van der Waals surface area contributed by atoms with Crippen molar-refractivity contribution in [3.63, 3.8) is 0 Å². The van der Waals surface area contributed by atoms with Crippen molar-refractivity contribution in [3.05, 3.63) is 23.8 Å². The van der Waals surface area contributed by atoms with E-state index in [4.69, 9.17) is 4.74 Å². The van der Waals surface area contributed by atoms with Crippen LogP contribution in [0.5, 0.6) is 0 Å². The van der Waals surface area contributed by atoms with E-state index in [0.29, 0.717) is 23.0 Å². The molecule has 1 N–H and O–H groups in total. The van der Waals surface area contributed by atoms with Crippen LogP contribution in [0.25, 0.3) is 0 Å². The number of carbonyl (C=O) groups excluding carboxylic acids is 3. The summed E-state index contributed by atoms with van der Waals surface area (Å²) < 4.78 is 5.49. The SMILES string of the molecule is CC(C)N1C(=O)CN(C(=O)CNC2CCCC2)c2cc(C(=O)OC(C)(C)C)ccc21. The second-order valence-corrected chi connectivity index (χ2v) is 9.41. The Labute approximate surface area is 178 Å². The molecule has 3 rings (SSSR count). The molecule has 7 heteroatoms. The molecule has 0 saturated heterocycles. The van der Waals surface area contributed by atoms with Crippen molar-refractivity contribution < 1.29 is 19.1 Å². The average molecular weight is 416 g/mol. The van der Waals surface area contributed by atoms with Crippen LogP contribution in [0.3, 0.4) is 0 Å². The zero-order valence-corrected chi connectivity index (χ0v) is 18.7. The van der Waals surface area contributed by atoms with Crippen molar-refractivity contribution >= 4 is 29.2 Å². The third-order valence-electron chi connectivity index (χ3n) is 5.44. The molecule has 1 fully saturated rings. The first kappa shape index (κ1) is 22.3. The minimum atomic E-state index is -0.617. The summed E-state index contributed by atoms with van der Waals surface area (Å²) in [4.78, 5) is 41.6. The highest BCUT2D eigenvalue weighted by atomic mass is 16.6. The molecule has 2 amide bonds. The molecule has 7 nitrogen and oxygen atoms in total. The number of ether oxygens (including phenoxy) is 1. The molecule has 2 aliphatic rings. The summed E-state index contributed by atoms with van der Waals surface area (Å²) in [5.41, 5.74) is 0.962. The second-order valence-electron chi connectivity index (χ2n) is 9.41. The van der Waals surface area contributed by atoms with E-state index in [-0.39, 0.29) is 30.9 Å². The van der Waals surface area contributed by atoms with Crippen molar-refractivity contribution in [1.29, 1.82) is 0 Å². The highest BCUT2D eigenvalue weighted by molar-refractivity contribution is 6.12. The summed E-state index contributed by atoms with van der Waals surface area (Å²) in [6.45, 7) is 9.45. The van der Waals surface area contributed by atoms with Gasteiger partial charge in [-0.1, -0.05) is 12.8 Å². The number of anilines is 2. The number of fused-ring (bicyclic) bond motifs is 1. The fourth-order valence-corrected chi connectivity index (χ4v) is 4.08. The quantitative estimate of drug-likeness (QED) is 0.747. The van der Waals surface area contributed by atoms with Gasteiger partial charge in [0, 0.05) is 12.1 Å². The predicted octanol–water partition coefficient (Wildman–Crippen LogP) is 3.26. The van der Waals surface area contributed by atoms with Gasteiger partial charge in [-0.05, 0) is 65.7 Å². The normalized spacial score (nSPS) is 17.5. The number of esters is 1. The van der Waals surface area contributed by atoms with Crippen LogP contribution in [0.1, 0.15) is 70.7 Å². The number of benzene rings is 1. The third-order valence-corrected chi connectivity index (χ3v) is 5.44. The number of hydrogen-bond donors (Lipinski definition) is 1. The van der Waals surface area contributed by atoms with Crippen LogP contribution in [-0.2, 0) is 14.3 Å². The maximum Gasteiger partial charge on any atom is 0.338 e. The van der Waals surface area contributed by atoms with E-state index in [9.17, 15) is 14.4 Å². The molecule has 1 aromatic carbocycles. The van der Waals surface area contributed by atoms with Crippen LogP contribution in [0.15, 0.2) is 18.2 Å². The first-order chi connectivity index (χ1) is 14.1. The molecule has 0 unspecified atom stereocenters. The van der Waals surface area contributed by atoms with Crippen molar-refractivity contribution in [1.82, 2.24) is 5.32 Å². The minimum Gasteiger partial charge on any atom is -0.456 e. The van der Waals surface area contributed by atoms with Crippen LogP contribution >= 0.6 is 0 Å². The van der Waals surface area contributed by atoms with Gasteiger partial charge in [-0.25, -0.2) is 4.79 Å². The molecule has 1 saturated carbocycles. The number of nitrogens with zero attached hydrogens (tertiary/aromatic N) is 2. The van der Waals surface area contributed by atoms with Gasteiger partial charge in [0.25, 0.3) is 0 Å². The monoisotopic (exact) mass is 415 g/mol. The van der Waals surface area contributed by atoms with Gasteiger partial charge in [-0.2, -0.15) is 0 Å². The van der Waals surface area contributed by atoms with E-state index in [0.717, 1.165) is 12.8 Å². The molecule has 0 spiro atoms. The lowest BCUT2D eigenvalue weighted by molar-refractivity contribution is -0.122. The molecule has 0 aromatic heterocycles. The van der Waals surface area contributed by atoms with Crippen molar-refractivity contribution in [3.8, 4) is 0 Å². The van der Waals surface area contributed by atoms with Gasteiger partial charge in [-0.3, -0.25) is 14.5 Å². The van der Waals surface area contributed by atoms with E-state index in [1.165, 1.54) is 17.7 Å². The first-order valence-corrected chi connectivity index (χ1v) is 10.8. The summed E-state index contributed by atoms with van der Waals surface area (Å²) in [6.07, 6.45) is 4.51. The Morgan fingerprint density at radius 1 is 1.17 bits per heavy atom. The van der Waals surface area contributed by atoms with Crippen molar-refractivity contribution in [2.75, 3.05) is 22.9 Å². The molecule has 1 aliphatic carbocycles. The van der Waals surface area contributed by atoms with Crippen LogP contribution in [0, 0.1) is 0 Å². The molecular formula is C23H33N3O4. The van der Waals surface area contributed by atoms with Gasteiger partial charge in [0.1, 0.15) is 12.1 Å². The van der Waals surface area contributed by atoms with E-state index in [1.807, 2.05) is 34.6 Å². The fourth-order valence-electron chi connectivity index (χ4n) is 4.08. The molecule has 1 aliphatic heterocycles. The van der Waals surface area contributed by atoms with E-state index >= 15 is 0 Å². The Hall–Kier alpha value is -2.41. The van der Waals surface area contributed by atoms with Crippen LogP contribution in [0.2, 0.25) is 0 Å². The summed E-state index contributed by atoms with van der Waals surface area (Å²) in [7, 11) is 0. The molecule has 164 valence electrons. The Morgan fingerprint density at radius 3 is 2.43 bits per heavy atom. The summed E-state index contributed by atoms with van der Waals surface area (Å²) in [5, 5.41) is 3.32. The number of amides is 2. The molecular weight excluding hydrogens is 382 g/mol. The topological polar surface area (TPSA) is 79.0 Å². The maximum atomic E-state index is 13.0. The zero-order valence-electron chi connectivity index (χ0n) is 18.7. The highest BCUT2D eigenvalue weighted by Crippen LogP contribution is 2.36. The minimum absolute atomic E-state index is 0.0336. The largest absolute Gasteiger partial charge is 0.456 e. The molecule has 1 heterocycles. The Kier molecular flexibility index (Phi) is 6.50. The van der Waals surface area contributed by atoms with Gasteiger partial charge < -0.3 is 15.0 Å². The predicted molar refractivity (Wildman–Crippen MR) is 117 cm³/mol. The van der Waals surface area contributed by atoms with Gasteiger partial charge in [0.2, 0.25) is 11.8 Å². The van der Waals surface area contributed by atoms with Gasteiger partial charge >= 0.3 is 5.97 Å². The number of nitrogens with one attached hydrogen (secondary N) is 1. The van der Waals surface area contributed by atoms with Gasteiger partial charge in [-0.15, -0.1) is 0 Å². The Bertz CT molecular complexity index is 822. The maximum absolute atomic E-state index is 13.0. The number of hydrogen-bond acceptors (Lipinski definition) is 5. The van der Waals surface area contributed by atoms with E-state index in [1.54, 1.807) is 23.1 Å². The smallest absolute Gasteiger partial charge is 0.338 e. The molecule has 0 atom stereocenters. The summed E-state index contributed by atoms with van der Waals surface area (Å²) in [6, 6.07) is 5.35. The third kappa shape index (κ3) is 5.01. The van der Waals surface area contributed by atoms with Crippen LogP contribution < -0.4 is 15.1 Å². The van der Waals surface area contributed by atoms with Gasteiger partial charge in [0.05, 0.1) is 23.5 Å². The first-order valence-electron chi connectivity index (χ1n) is 10.8. The van der Waals surface area contributed by atoms with Crippen LogP contribution in [0.4, 0.5) is 11.4 Å². The lowest BCUT2D eigenvalue weighted by Gasteiger charge is -2.38. The molecule has 30 heavy (non-hydrogen) atoms. The number of rotatable bonds is 5. The van der Waals surface area contributed by atoms with Crippen molar-refractivity contribution in [2.24, 2.45) is 0 Å². The Morgan fingerprint density at radius 2 is 1.83 bits per heavy atom.